The Bertz CT molecular complexity index is 1840. The van der Waals surface area contributed by atoms with Gasteiger partial charge in [0, 0.05) is 25.7 Å². The number of aliphatic hydroxyl groups excluding tert-OH is 1. The third kappa shape index (κ3) is 64.5. The fourth-order valence-corrected chi connectivity index (χ4v) is 12.7. The van der Waals surface area contributed by atoms with Gasteiger partial charge in [-0.1, -0.05) is 319 Å². The van der Waals surface area contributed by atoms with Crippen molar-refractivity contribution in [3.05, 3.63) is 0 Å². The Labute approximate surface area is 568 Å². The number of hydrogen-bond donors (Lipinski definition) is 3. The summed E-state index contributed by atoms with van der Waals surface area (Å²) in [6.45, 7) is 14.1. The van der Waals surface area contributed by atoms with Gasteiger partial charge in [-0.05, 0) is 49.4 Å². The minimum atomic E-state index is -4.95. The van der Waals surface area contributed by atoms with Crippen LogP contribution >= 0.6 is 15.6 Å². The van der Waals surface area contributed by atoms with Gasteiger partial charge < -0.3 is 33.8 Å². The Balaban J connectivity index is 5.15. The smallest absolute Gasteiger partial charge is 0.462 e. The van der Waals surface area contributed by atoms with E-state index in [-0.39, 0.29) is 25.7 Å². The lowest BCUT2D eigenvalue weighted by molar-refractivity contribution is -0.161. The molecule has 0 aromatic carbocycles. The number of phosphoric acid groups is 2. The number of esters is 4. The number of carbonyl (C=O) groups excluding carboxylic acids is 4. The number of hydrogen-bond acceptors (Lipinski definition) is 15. The molecule has 8 atom stereocenters. The molecule has 93 heavy (non-hydrogen) atoms. The lowest BCUT2D eigenvalue weighted by atomic mass is 9.99. The van der Waals surface area contributed by atoms with Gasteiger partial charge in [-0.2, -0.15) is 0 Å². The Morgan fingerprint density at radius 1 is 0.301 bits per heavy atom. The highest BCUT2D eigenvalue weighted by atomic mass is 31.2. The molecule has 17 nitrogen and oxygen atoms in total. The second-order valence-corrected chi connectivity index (χ2v) is 30.8. The maximum Gasteiger partial charge on any atom is 0.472 e. The van der Waals surface area contributed by atoms with E-state index in [0.717, 1.165) is 120 Å². The molecule has 0 aliphatic rings. The van der Waals surface area contributed by atoms with Crippen LogP contribution in [0.4, 0.5) is 0 Å². The lowest BCUT2D eigenvalue weighted by Crippen LogP contribution is -2.30. The molecule has 0 radical (unpaired) electrons. The van der Waals surface area contributed by atoms with E-state index in [4.69, 9.17) is 37.0 Å². The first kappa shape index (κ1) is 91.1. The first-order valence-electron chi connectivity index (χ1n) is 38.3. The van der Waals surface area contributed by atoms with E-state index < -0.39 is 97.5 Å². The number of aliphatic hydroxyl groups is 1. The second kappa shape index (κ2) is 63.5. The Hall–Kier alpha value is -1.94. The molecule has 0 amide bonds. The monoisotopic (exact) mass is 1370 g/mol. The summed E-state index contributed by atoms with van der Waals surface area (Å²) in [7, 11) is -9.91. The summed E-state index contributed by atoms with van der Waals surface area (Å²) in [5.74, 6) is 0.921. The topological polar surface area (TPSA) is 237 Å². The first-order chi connectivity index (χ1) is 44.7. The SMILES string of the molecule is CCC(C)CCCCCCCCCCCCCCCCCCCCC(=O)O[C@H](COC(=O)CCCCCCCCC(C)C)COP(=O)(O)OC[C@H](O)COP(=O)(O)OC[C@@H](COC(=O)CCCCCCCCC(C)CC)OC(=O)CCCCCCCCCCC(C)CC. The van der Waals surface area contributed by atoms with Crippen molar-refractivity contribution in [1.29, 1.82) is 0 Å². The average Bonchev–Trinajstić information content (AvgIpc) is 3.67. The van der Waals surface area contributed by atoms with Crippen LogP contribution in [0.3, 0.4) is 0 Å². The summed E-state index contributed by atoms with van der Waals surface area (Å²) in [6.07, 6.45) is 47.5. The molecule has 3 N–H and O–H groups in total. The molecule has 0 saturated carbocycles. The molecule has 0 bridgehead atoms. The van der Waals surface area contributed by atoms with Crippen LogP contribution in [0.15, 0.2) is 0 Å². The summed E-state index contributed by atoms with van der Waals surface area (Å²) in [6, 6.07) is 0. The molecule has 19 heteroatoms. The van der Waals surface area contributed by atoms with Crippen LogP contribution < -0.4 is 0 Å². The summed E-state index contributed by atoms with van der Waals surface area (Å²) >= 11 is 0. The van der Waals surface area contributed by atoms with Gasteiger partial charge >= 0.3 is 39.5 Å². The zero-order valence-electron chi connectivity index (χ0n) is 60.9. The van der Waals surface area contributed by atoms with E-state index in [1.54, 1.807) is 0 Å². The molecule has 0 spiro atoms. The van der Waals surface area contributed by atoms with Gasteiger partial charge in [0.2, 0.25) is 0 Å². The van der Waals surface area contributed by atoms with E-state index in [0.29, 0.717) is 31.6 Å². The van der Waals surface area contributed by atoms with E-state index >= 15 is 0 Å². The van der Waals surface area contributed by atoms with E-state index in [9.17, 15) is 43.2 Å². The molecular weight excluding hydrogens is 1220 g/mol. The number of unbranched alkanes of at least 4 members (excludes halogenated alkanes) is 34. The molecule has 0 aliphatic carbocycles. The third-order valence-electron chi connectivity index (χ3n) is 18.2. The van der Waals surface area contributed by atoms with Crippen LogP contribution in [-0.4, -0.2) is 96.7 Å². The average molecular weight is 1370 g/mol. The van der Waals surface area contributed by atoms with Gasteiger partial charge in [-0.3, -0.25) is 37.3 Å². The summed E-state index contributed by atoms with van der Waals surface area (Å²) in [5.41, 5.74) is 0. The Morgan fingerprint density at radius 2 is 0.516 bits per heavy atom. The molecule has 0 fully saturated rings. The van der Waals surface area contributed by atoms with Crippen LogP contribution in [0.25, 0.3) is 0 Å². The number of rotatable bonds is 71. The van der Waals surface area contributed by atoms with Gasteiger partial charge in [-0.15, -0.1) is 0 Å². The van der Waals surface area contributed by atoms with Crippen molar-refractivity contribution in [2.75, 3.05) is 39.6 Å². The molecule has 0 heterocycles. The second-order valence-electron chi connectivity index (χ2n) is 27.9. The molecule has 0 rings (SSSR count). The third-order valence-corrected chi connectivity index (χ3v) is 20.1. The zero-order chi connectivity index (χ0) is 68.9. The van der Waals surface area contributed by atoms with Gasteiger partial charge in [0.1, 0.15) is 19.3 Å². The molecule has 0 aromatic rings. The Kier molecular flexibility index (Phi) is 62.2. The molecule has 0 saturated heterocycles. The van der Waals surface area contributed by atoms with Crippen LogP contribution in [0.1, 0.15) is 370 Å². The van der Waals surface area contributed by atoms with Crippen molar-refractivity contribution in [3.8, 4) is 0 Å². The summed E-state index contributed by atoms with van der Waals surface area (Å²) < 4.78 is 68.3. The number of phosphoric ester groups is 2. The largest absolute Gasteiger partial charge is 0.472 e. The standard InChI is InChI=1S/C74H144O17P2/c1-9-65(6)51-43-35-26-22-20-18-16-14-12-13-15-17-19-21-23-28-40-48-56-73(78)90-69(60-84-71(76)54-46-38-32-30-34-42-50-64(4)5)62-88-92(80,81)86-58-68(75)59-87-93(82,83)89-63-70(61-85-72(77)55-47-39-33-31-37-45-53-67(8)11-3)91-74(79)57-49-41-29-25-24-27-36-44-52-66(7)10-2/h64-70,75H,9-63H2,1-8H3,(H,80,81)(H,82,83)/t65?,66?,67?,68-,69+,70+/m0/s1. The normalized spacial score (nSPS) is 15.1. The molecule has 0 aromatic heterocycles. The fraction of sp³-hybridized carbons (Fsp3) is 0.946. The van der Waals surface area contributed by atoms with Crippen LogP contribution in [0.5, 0.6) is 0 Å². The minimum absolute atomic E-state index is 0.104. The predicted molar refractivity (Wildman–Crippen MR) is 377 cm³/mol. The van der Waals surface area contributed by atoms with Crippen molar-refractivity contribution in [1.82, 2.24) is 0 Å². The number of carbonyl (C=O) groups is 4. The maximum absolute atomic E-state index is 13.0. The van der Waals surface area contributed by atoms with Crippen molar-refractivity contribution in [2.45, 2.75) is 388 Å². The molecule has 552 valence electrons. The highest BCUT2D eigenvalue weighted by molar-refractivity contribution is 7.47. The van der Waals surface area contributed by atoms with Crippen molar-refractivity contribution < 1.29 is 80.2 Å². The minimum Gasteiger partial charge on any atom is -0.462 e. The quantitative estimate of drug-likeness (QED) is 0.0222. The van der Waals surface area contributed by atoms with Gasteiger partial charge in [0.25, 0.3) is 0 Å². The molecule has 5 unspecified atom stereocenters. The summed E-state index contributed by atoms with van der Waals surface area (Å²) in [5, 5.41) is 10.6. The van der Waals surface area contributed by atoms with Crippen molar-refractivity contribution in [2.24, 2.45) is 23.7 Å². The summed E-state index contributed by atoms with van der Waals surface area (Å²) in [4.78, 5) is 72.6. The zero-order valence-corrected chi connectivity index (χ0v) is 62.7. The highest BCUT2D eigenvalue weighted by Gasteiger charge is 2.30. The van der Waals surface area contributed by atoms with E-state index in [1.807, 2.05) is 0 Å². The van der Waals surface area contributed by atoms with E-state index in [2.05, 4.69) is 55.4 Å². The molecular formula is C74H144O17P2. The Morgan fingerprint density at radius 3 is 0.763 bits per heavy atom. The first-order valence-corrected chi connectivity index (χ1v) is 41.3. The maximum atomic E-state index is 13.0. The van der Waals surface area contributed by atoms with Crippen LogP contribution in [0, 0.1) is 23.7 Å². The van der Waals surface area contributed by atoms with Crippen LogP contribution in [0.2, 0.25) is 0 Å². The fourth-order valence-electron chi connectivity index (χ4n) is 11.1. The van der Waals surface area contributed by atoms with Gasteiger partial charge in [0.05, 0.1) is 26.4 Å². The van der Waals surface area contributed by atoms with Crippen LogP contribution in [-0.2, 0) is 65.4 Å². The lowest BCUT2D eigenvalue weighted by Gasteiger charge is -2.21. The number of ether oxygens (including phenoxy) is 4. The van der Waals surface area contributed by atoms with E-state index in [1.165, 1.54) is 161 Å². The van der Waals surface area contributed by atoms with Crippen molar-refractivity contribution in [3.63, 3.8) is 0 Å². The predicted octanol–water partition coefficient (Wildman–Crippen LogP) is 21.3. The van der Waals surface area contributed by atoms with Crippen molar-refractivity contribution >= 4 is 39.5 Å². The van der Waals surface area contributed by atoms with Gasteiger partial charge in [-0.25, -0.2) is 9.13 Å². The molecule has 0 aliphatic heterocycles. The van der Waals surface area contributed by atoms with Gasteiger partial charge in [0.15, 0.2) is 12.2 Å². The highest BCUT2D eigenvalue weighted by Crippen LogP contribution is 2.45.